The number of imide groups is 2. The molecule has 1 aromatic rings. The molecule has 2 atom stereocenters. The number of likely N-dealkylation sites (tertiary alicyclic amines) is 2. The predicted octanol–water partition coefficient (Wildman–Crippen LogP) is 2.48. The monoisotopic (exact) mass is 528 g/mol. The van der Waals surface area contributed by atoms with Crippen LogP contribution >= 0.6 is 0 Å². The van der Waals surface area contributed by atoms with Crippen molar-refractivity contribution in [3.05, 3.63) is 24.3 Å². The summed E-state index contributed by atoms with van der Waals surface area (Å²) >= 11 is 0. The molecule has 1 aromatic carbocycles. The van der Waals surface area contributed by atoms with E-state index in [1.165, 1.54) is 0 Å². The minimum Gasteiger partial charge on any atom is -0.486 e. The van der Waals surface area contributed by atoms with Crippen LogP contribution in [0, 0.1) is 0 Å². The van der Waals surface area contributed by atoms with Crippen LogP contribution < -0.4 is 9.47 Å². The number of ether oxygens (including phenoxy) is 3. The van der Waals surface area contributed by atoms with Crippen LogP contribution in [0.15, 0.2) is 24.3 Å². The van der Waals surface area contributed by atoms with Gasteiger partial charge in [-0.2, -0.15) is 0 Å². The Kier molecular flexibility index (Phi) is 7.21. The van der Waals surface area contributed by atoms with Gasteiger partial charge in [0.15, 0.2) is 11.5 Å². The molecule has 0 N–H and O–H groups in total. The quantitative estimate of drug-likeness (QED) is 0.433. The maximum absolute atomic E-state index is 13.4. The van der Waals surface area contributed by atoms with Crippen molar-refractivity contribution in [2.24, 2.45) is 0 Å². The fourth-order valence-corrected chi connectivity index (χ4v) is 5.62. The third-order valence-corrected chi connectivity index (χ3v) is 7.39. The molecular formula is C27H36N4O7. The number of carbonyl (C=O) groups excluding carboxylic acids is 4. The van der Waals surface area contributed by atoms with Gasteiger partial charge in [-0.25, -0.2) is 9.59 Å². The average Bonchev–Trinajstić information content (AvgIpc) is 3.10. The number of piperidine rings is 2. The lowest BCUT2D eigenvalue weighted by Gasteiger charge is -2.39. The number of fused-ring (bicyclic) bond motifs is 1. The normalized spacial score (nSPS) is 25.2. The van der Waals surface area contributed by atoms with E-state index < -0.39 is 35.6 Å². The van der Waals surface area contributed by atoms with E-state index in [-0.39, 0.29) is 12.1 Å². The number of benzene rings is 1. The fourth-order valence-electron chi connectivity index (χ4n) is 5.62. The molecule has 3 fully saturated rings. The van der Waals surface area contributed by atoms with E-state index in [0.717, 1.165) is 28.5 Å². The molecule has 11 heteroatoms. The topological polar surface area (TPSA) is 109 Å². The first-order chi connectivity index (χ1) is 18.1. The van der Waals surface area contributed by atoms with Gasteiger partial charge in [-0.15, -0.1) is 0 Å². The Morgan fingerprint density at radius 3 is 2.29 bits per heavy atom. The third-order valence-electron chi connectivity index (χ3n) is 7.39. The van der Waals surface area contributed by atoms with E-state index in [4.69, 9.17) is 14.2 Å². The highest BCUT2D eigenvalue weighted by atomic mass is 16.6. The summed E-state index contributed by atoms with van der Waals surface area (Å²) in [4.78, 5) is 57.8. The standard InChI is InChI=1S/C27H36N4O7/c1-27(2,3)38-26(35)29-13-10-18(11-14-29)30-23(32)24(33)31(25(30)34)19-7-6-12-28(15-19)16-20-17-36-21-8-4-5-9-22(21)37-20/h4-5,8-9,18-20H,6-7,10-17H2,1-3H3. The SMILES string of the molecule is CC(C)(C)OC(=O)N1CCC(N2C(=O)C(=O)N(C3CCCN(CC4COc5ccccc5O4)C3)C2=O)CC1. The van der Waals surface area contributed by atoms with Crippen molar-refractivity contribution in [1.82, 2.24) is 19.6 Å². The molecule has 2 unspecified atom stereocenters. The molecular weight excluding hydrogens is 492 g/mol. The summed E-state index contributed by atoms with van der Waals surface area (Å²) in [5, 5.41) is 0. The summed E-state index contributed by atoms with van der Waals surface area (Å²) in [5.74, 6) is -0.101. The van der Waals surface area contributed by atoms with Gasteiger partial charge in [0, 0.05) is 32.2 Å². The summed E-state index contributed by atoms with van der Waals surface area (Å²) in [5.41, 5.74) is -0.601. The van der Waals surface area contributed by atoms with E-state index in [1.54, 1.807) is 25.7 Å². The van der Waals surface area contributed by atoms with E-state index in [0.29, 0.717) is 57.8 Å². The van der Waals surface area contributed by atoms with Gasteiger partial charge in [0.25, 0.3) is 0 Å². The molecule has 0 bridgehead atoms. The zero-order valence-corrected chi connectivity index (χ0v) is 22.3. The number of hydrogen-bond acceptors (Lipinski definition) is 8. The van der Waals surface area contributed by atoms with Crippen molar-refractivity contribution < 1.29 is 33.4 Å². The zero-order valence-electron chi connectivity index (χ0n) is 22.3. The maximum atomic E-state index is 13.4. The second-order valence-corrected chi connectivity index (χ2v) is 11.4. The van der Waals surface area contributed by atoms with Crippen LogP contribution in [0.3, 0.4) is 0 Å². The molecule has 206 valence electrons. The molecule has 5 rings (SSSR count). The van der Waals surface area contributed by atoms with Gasteiger partial charge in [0.2, 0.25) is 0 Å². The number of hydrogen-bond donors (Lipinski definition) is 0. The number of rotatable bonds is 4. The second kappa shape index (κ2) is 10.4. The van der Waals surface area contributed by atoms with Crippen molar-refractivity contribution in [1.29, 1.82) is 0 Å². The molecule has 0 aliphatic carbocycles. The first-order valence-electron chi connectivity index (χ1n) is 13.4. The zero-order chi connectivity index (χ0) is 27.0. The summed E-state index contributed by atoms with van der Waals surface area (Å²) in [7, 11) is 0. The van der Waals surface area contributed by atoms with Crippen molar-refractivity contribution in [2.45, 2.75) is 70.2 Å². The maximum Gasteiger partial charge on any atom is 0.410 e. The molecule has 5 amide bonds. The van der Waals surface area contributed by atoms with Crippen molar-refractivity contribution >= 4 is 23.9 Å². The Labute approximate surface area is 222 Å². The van der Waals surface area contributed by atoms with E-state index in [9.17, 15) is 19.2 Å². The van der Waals surface area contributed by atoms with Crippen LogP contribution in [0.2, 0.25) is 0 Å². The summed E-state index contributed by atoms with van der Waals surface area (Å²) in [6.07, 6.45) is 1.70. The minimum atomic E-state index is -0.775. The highest BCUT2D eigenvalue weighted by Gasteiger charge is 2.51. The number of amides is 5. The van der Waals surface area contributed by atoms with Crippen LogP contribution in [0.25, 0.3) is 0 Å². The molecule has 0 aromatic heterocycles. The van der Waals surface area contributed by atoms with Crippen molar-refractivity contribution in [3.63, 3.8) is 0 Å². The number of nitrogens with zero attached hydrogens (tertiary/aromatic N) is 4. The van der Waals surface area contributed by atoms with E-state index in [2.05, 4.69) is 4.90 Å². The lowest BCUT2D eigenvalue weighted by Crippen LogP contribution is -2.54. The van der Waals surface area contributed by atoms with Crippen LogP contribution in [0.5, 0.6) is 11.5 Å². The molecule has 0 spiro atoms. The fraction of sp³-hybridized carbons (Fsp3) is 0.630. The predicted molar refractivity (Wildman–Crippen MR) is 136 cm³/mol. The second-order valence-electron chi connectivity index (χ2n) is 11.4. The Hall–Kier alpha value is -3.34. The van der Waals surface area contributed by atoms with Gasteiger partial charge in [-0.3, -0.25) is 24.3 Å². The van der Waals surface area contributed by atoms with Crippen LogP contribution in [-0.2, 0) is 14.3 Å². The highest BCUT2D eigenvalue weighted by molar-refractivity contribution is 6.44. The van der Waals surface area contributed by atoms with E-state index in [1.807, 2.05) is 24.3 Å². The van der Waals surface area contributed by atoms with Crippen molar-refractivity contribution in [2.75, 3.05) is 39.3 Å². The molecule has 0 saturated carbocycles. The van der Waals surface area contributed by atoms with Crippen LogP contribution in [-0.4, -0.2) is 107 Å². The summed E-state index contributed by atoms with van der Waals surface area (Å²) in [6, 6.07) is 6.20. The van der Waals surface area contributed by atoms with E-state index >= 15 is 0 Å². The smallest absolute Gasteiger partial charge is 0.410 e. The van der Waals surface area contributed by atoms with Crippen LogP contribution in [0.1, 0.15) is 46.5 Å². The number of para-hydroxylation sites is 2. The Bertz CT molecular complexity index is 1100. The molecule has 4 heterocycles. The first kappa shape index (κ1) is 26.3. The van der Waals surface area contributed by atoms with Gasteiger partial charge in [0.1, 0.15) is 18.3 Å². The molecule has 0 radical (unpaired) electrons. The summed E-state index contributed by atoms with van der Waals surface area (Å²) in [6.45, 7) is 8.45. The minimum absolute atomic E-state index is 0.165. The average molecular weight is 529 g/mol. The molecule has 38 heavy (non-hydrogen) atoms. The van der Waals surface area contributed by atoms with Gasteiger partial charge < -0.3 is 19.1 Å². The molecule has 4 aliphatic heterocycles. The van der Waals surface area contributed by atoms with Gasteiger partial charge >= 0.3 is 23.9 Å². The Morgan fingerprint density at radius 2 is 1.61 bits per heavy atom. The molecule has 4 aliphatic rings. The Morgan fingerprint density at radius 1 is 0.947 bits per heavy atom. The molecule has 3 saturated heterocycles. The van der Waals surface area contributed by atoms with Crippen molar-refractivity contribution in [3.8, 4) is 11.5 Å². The molecule has 11 nitrogen and oxygen atoms in total. The number of urea groups is 1. The number of carbonyl (C=O) groups is 4. The van der Waals surface area contributed by atoms with Gasteiger partial charge in [0.05, 0.1) is 6.04 Å². The highest BCUT2D eigenvalue weighted by Crippen LogP contribution is 2.32. The lowest BCUT2D eigenvalue weighted by atomic mass is 10.0. The third kappa shape index (κ3) is 5.43. The first-order valence-corrected chi connectivity index (χ1v) is 13.4. The van der Waals surface area contributed by atoms with Crippen LogP contribution in [0.4, 0.5) is 9.59 Å². The summed E-state index contributed by atoms with van der Waals surface area (Å²) < 4.78 is 17.3. The lowest BCUT2D eigenvalue weighted by molar-refractivity contribution is -0.145. The van der Waals surface area contributed by atoms with Gasteiger partial charge in [-0.1, -0.05) is 12.1 Å². The van der Waals surface area contributed by atoms with Gasteiger partial charge in [-0.05, 0) is 65.1 Å². The largest absolute Gasteiger partial charge is 0.486 e. The Balaban J connectivity index is 1.18.